The Bertz CT molecular complexity index is 1780. The molecule has 0 fully saturated rings. The van der Waals surface area contributed by atoms with Gasteiger partial charge in [-0.3, -0.25) is 9.55 Å². The summed E-state index contributed by atoms with van der Waals surface area (Å²) in [7, 11) is -2.37. The highest BCUT2D eigenvalue weighted by Gasteiger charge is 2.18. The molecule has 2 aromatic heterocycles. The van der Waals surface area contributed by atoms with E-state index in [0.29, 0.717) is 33.6 Å². The third-order valence-electron chi connectivity index (χ3n) is 6.20. The van der Waals surface area contributed by atoms with Crippen molar-refractivity contribution in [3.8, 4) is 5.69 Å². The van der Waals surface area contributed by atoms with Crippen LogP contribution in [0.3, 0.4) is 0 Å². The minimum absolute atomic E-state index is 0.00117. The van der Waals surface area contributed by atoms with E-state index in [0.717, 1.165) is 21.3 Å². The van der Waals surface area contributed by atoms with E-state index in [1.54, 1.807) is 42.6 Å². The third-order valence-corrected chi connectivity index (χ3v) is 9.10. The Labute approximate surface area is 236 Å². The van der Waals surface area contributed by atoms with E-state index < -0.39 is 21.1 Å². The van der Waals surface area contributed by atoms with Gasteiger partial charge in [0.2, 0.25) is 5.95 Å². The summed E-state index contributed by atoms with van der Waals surface area (Å²) in [6.45, 7) is 7.46. The van der Waals surface area contributed by atoms with Crippen LogP contribution in [-0.4, -0.2) is 34.8 Å². The van der Waals surface area contributed by atoms with E-state index in [2.05, 4.69) is 19.6 Å². The molecule has 12 heteroatoms. The van der Waals surface area contributed by atoms with E-state index in [9.17, 15) is 13.8 Å². The van der Waals surface area contributed by atoms with Crippen LogP contribution >= 0.6 is 23.2 Å². The zero-order chi connectivity index (χ0) is 28.3. The third kappa shape index (κ3) is 6.41. The number of nitrogens with one attached hydrogen (secondary N) is 1. The fourth-order valence-electron chi connectivity index (χ4n) is 3.90. The van der Waals surface area contributed by atoms with Gasteiger partial charge in [-0.25, -0.2) is 18.4 Å². The second kappa shape index (κ2) is 11.7. The lowest BCUT2D eigenvalue weighted by atomic mass is 10.1. The molecule has 0 aliphatic carbocycles. The van der Waals surface area contributed by atoms with Crippen LogP contribution in [0, 0.1) is 13.8 Å². The minimum atomic E-state index is -2.37. The number of nitrogens with zero attached hydrogens (tertiary/aromatic N) is 5. The Morgan fingerprint density at radius 2 is 1.74 bits per heavy atom. The number of halogens is 2. The first-order valence-electron chi connectivity index (χ1n) is 12.2. The molecular weight excluding hydrogens is 559 g/mol. The number of rotatable bonds is 8. The molecule has 4 rings (SSSR count). The van der Waals surface area contributed by atoms with Crippen molar-refractivity contribution in [2.75, 3.05) is 16.8 Å². The van der Waals surface area contributed by atoms with E-state index in [4.69, 9.17) is 23.2 Å². The minimum Gasteiger partial charge on any atom is -0.324 e. The highest BCUT2D eigenvalue weighted by atomic mass is 35.5. The van der Waals surface area contributed by atoms with Crippen molar-refractivity contribution in [1.82, 2.24) is 19.1 Å². The quantitative estimate of drug-likeness (QED) is 0.286. The molecule has 0 saturated heterocycles. The maximum Gasteiger partial charge on any atom is 0.359 e. The van der Waals surface area contributed by atoms with E-state index in [1.807, 2.05) is 33.8 Å². The van der Waals surface area contributed by atoms with E-state index >= 15 is 0 Å². The summed E-state index contributed by atoms with van der Waals surface area (Å²) in [5.74, 6) is 0.846. The van der Waals surface area contributed by atoms with Crippen molar-refractivity contribution < 1.29 is 4.21 Å². The van der Waals surface area contributed by atoms with Gasteiger partial charge in [0.15, 0.2) is 0 Å². The second-order valence-electron chi connectivity index (χ2n) is 8.94. The van der Waals surface area contributed by atoms with Gasteiger partial charge in [0.25, 0.3) is 0 Å². The molecule has 0 unspecified atom stereocenters. The molecule has 4 aromatic rings. The Morgan fingerprint density at radius 1 is 1.00 bits per heavy atom. The van der Waals surface area contributed by atoms with Crippen molar-refractivity contribution in [3.05, 3.63) is 103 Å². The Morgan fingerprint density at radius 3 is 2.41 bits per heavy atom. The number of benzene rings is 2. The molecule has 39 heavy (non-hydrogen) atoms. The Hall–Kier alpha value is -3.47. The average molecular weight is 588 g/mol. The molecule has 0 atom stereocenters. The first-order valence-corrected chi connectivity index (χ1v) is 14.8. The summed E-state index contributed by atoms with van der Waals surface area (Å²) < 4.78 is 19.5. The van der Waals surface area contributed by atoms with Gasteiger partial charge in [-0.1, -0.05) is 43.1 Å². The van der Waals surface area contributed by atoms with Crippen molar-refractivity contribution in [3.63, 3.8) is 0 Å². The Kier molecular flexibility index (Phi) is 8.58. The molecule has 204 valence electrons. The topological polar surface area (TPSA) is 111 Å². The molecule has 9 nitrogen and oxygen atoms in total. The predicted molar refractivity (Wildman–Crippen MR) is 158 cm³/mol. The number of hydrogen-bond donors (Lipinski definition) is 1. The second-order valence-corrected chi connectivity index (χ2v) is 12.7. The molecule has 2 aromatic carbocycles. The first-order chi connectivity index (χ1) is 18.5. The van der Waals surface area contributed by atoms with Gasteiger partial charge in [0, 0.05) is 22.7 Å². The van der Waals surface area contributed by atoms with Gasteiger partial charge in [0.05, 0.1) is 44.6 Å². The lowest BCUT2D eigenvalue weighted by molar-refractivity contribution is 0.655. The van der Waals surface area contributed by atoms with Crippen LogP contribution in [0.4, 0.5) is 17.3 Å². The standard InChI is InChI=1S/C27H28Cl2N6O3S/c1-5-39(38,6-2)33-21-9-10-24(23(29)13-21)31-25-32-26(36)35(22-11-17(3)14-30-15-22)27(37)34(25)16-19-12-20(28)8-7-18(19)4/h7-15H,5-6,16H2,1-4H3,(H,31,32,36). The van der Waals surface area contributed by atoms with Crippen LogP contribution in [0.15, 0.2) is 68.8 Å². The molecule has 1 N–H and O–H groups in total. The SMILES string of the molecule is CCS(=O)(CC)=Nc1ccc(Nc2nc(=O)n(-c3cncc(C)c3)c(=O)n2Cc2cc(Cl)ccc2C)c(Cl)c1. The predicted octanol–water partition coefficient (Wildman–Crippen LogP) is 5.64. The van der Waals surface area contributed by atoms with Crippen LogP contribution in [-0.2, 0) is 16.3 Å². The average Bonchev–Trinajstić information content (AvgIpc) is 2.89. The summed E-state index contributed by atoms with van der Waals surface area (Å²) >= 11 is 12.8. The summed E-state index contributed by atoms with van der Waals surface area (Å²) in [6.07, 6.45) is 3.06. The number of anilines is 2. The monoisotopic (exact) mass is 586 g/mol. The number of pyridine rings is 1. The van der Waals surface area contributed by atoms with Crippen LogP contribution in [0.25, 0.3) is 5.69 Å². The molecule has 2 heterocycles. The molecule has 0 spiro atoms. The van der Waals surface area contributed by atoms with E-state index in [-0.39, 0.29) is 17.5 Å². The van der Waals surface area contributed by atoms with Crippen LogP contribution in [0.2, 0.25) is 10.0 Å². The fraction of sp³-hybridized carbons (Fsp3) is 0.259. The zero-order valence-electron chi connectivity index (χ0n) is 21.9. The number of aryl methyl sites for hydroxylation is 2. The Balaban J connectivity index is 1.86. The van der Waals surface area contributed by atoms with Gasteiger partial charge in [0.1, 0.15) is 0 Å². The molecule has 0 aliphatic heterocycles. The first kappa shape index (κ1) is 28.5. The molecular formula is C27H28Cl2N6O3S. The van der Waals surface area contributed by atoms with Crippen molar-refractivity contribution in [2.24, 2.45) is 4.36 Å². The smallest absolute Gasteiger partial charge is 0.324 e. The highest BCUT2D eigenvalue weighted by Crippen LogP contribution is 2.30. The van der Waals surface area contributed by atoms with E-state index in [1.165, 1.54) is 10.8 Å². The number of aromatic nitrogens is 4. The molecule has 0 amide bonds. The van der Waals surface area contributed by atoms with Gasteiger partial charge < -0.3 is 5.32 Å². The summed E-state index contributed by atoms with van der Waals surface area (Å²) in [4.78, 5) is 35.2. The van der Waals surface area contributed by atoms with Crippen molar-refractivity contribution >= 4 is 50.3 Å². The van der Waals surface area contributed by atoms with Crippen molar-refractivity contribution in [2.45, 2.75) is 34.2 Å². The normalized spacial score (nSPS) is 11.4. The van der Waals surface area contributed by atoms with Crippen LogP contribution in [0.5, 0.6) is 0 Å². The maximum absolute atomic E-state index is 13.8. The van der Waals surface area contributed by atoms with Crippen LogP contribution in [0.1, 0.15) is 30.5 Å². The fourth-order valence-corrected chi connectivity index (χ4v) is 5.48. The maximum atomic E-state index is 13.8. The van der Waals surface area contributed by atoms with Crippen molar-refractivity contribution in [1.29, 1.82) is 0 Å². The molecule has 0 saturated carbocycles. The summed E-state index contributed by atoms with van der Waals surface area (Å²) in [5, 5.41) is 3.81. The van der Waals surface area contributed by atoms with Crippen LogP contribution < -0.4 is 16.7 Å². The molecule has 0 aliphatic rings. The van der Waals surface area contributed by atoms with Gasteiger partial charge >= 0.3 is 11.4 Å². The zero-order valence-corrected chi connectivity index (χ0v) is 24.3. The molecule has 0 radical (unpaired) electrons. The lowest BCUT2D eigenvalue weighted by Crippen LogP contribution is -2.42. The summed E-state index contributed by atoms with van der Waals surface area (Å²) in [5.41, 5.74) is 2.25. The lowest BCUT2D eigenvalue weighted by Gasteiger charge is -2.17. The summed E-state index contributed by atoms with van der Waals surface area (Å²) in [6, 6.07) is 12.0. The van der Waals surface area contributed by atoms with Gasteiger partial charge in [-0.2, -0.15) is 9.35 Å². The number of hydrogen-bond acceptors (Lipinski definition) is 7. The van der Waals surface area contributed by atoms with Gasteiger partial charge in [-0.15, -0.1) is 0 Å². The van der Waals surface area contributed by atoms with Gasteiger partial charge in [-0.05, 0) is 66.9 Å². The molecule has 0 bridgehead atoms. The highest BCUT2D eigenvalue weighted by molar-refractivity contribution is 7.93. The largest absolute Gasteiger partial charge is 0.359 e.